The molecule has 0 bridgehead atoms. The molecule has 0 spiro atoms. The van der Waals surface area contributed by atoms with Crippen LogP contribution in [-0.2, 0) is 23.1 Å². The fourth-order valence-electron chi connectivity index (χ4n) is 3.34. The standard InChI is InChI=1S/C15H28O5Si.H4Si/c1-7-10-15(17-4)13(20-14(16)12(2)3)9-8-11-21(15,18-5)19-6;/h13H,2,7-11H2,1,3-6H3;1H4. The van der Waals surface area contributed by atoms with Crippen LogP contribution in [0, 0.1) is 0 Å². The van der Waals surface area contributed by atoms with Gasteiger partial charge in [0, 0.05) is 26.9 Å². The molecule has 0 N–H and O–H groups in total. The molecular formula is C15H32O5Si2. The Kier molecular flexibility index (Phi) is 8.78. The van der Waals surface area contributed by atoms with E-state index in [0.717, 1.165) is 31.7 Å². The minimum Gasteiger partial charge on any atom is -0.456 e. The van der Waals surface area contributed by atoms with Crippen molar-refractivity contribution >= 4 is 25.5 Å². The van der Waals surface area contributed by atoms with Gasteiger partial charge >= 0.3 is 14.5 Å². The van der Waals surface area contributed by atoms with E-state index in [2.05, 4.69) is 13.5 Å². The molecule has 1 saturated heterocycles. The molecule has 1 heterocycles. The summed E-state index contributed by atoms with van der Waals surface area (Å²) in [6.45, 7) is 7.38. The first kappa shape index (κ1) is 21.5. The lowest BCUT2D eigenvalue weighted by molar-refractivity contribution is -0.163. The number of methoxy groups -OCH3 is 1. The zero-order valence-corrected chi connectivity index (χ0v) is 14.9. The molecule has 0 radical (unpaired) electrons. The molecule has 0 aromatic heterocycles. The van der Waals surface area contributed by atoms with Gasteiger partial charge in [0.1, 0.15) is 11.3 Å². The highest BCUT2D eigenvalue weighted by molar-refractivity contribution is 6.71. The number of carbonyl (C=O) groups is 1. The van der Waals surface area contributed by atoms with Crippen LogP contribution < -0.4 is 0 Å². The second-order valence-corrected chi connectivity index (χ2v) is 9.24. The quantitative estimate of drug-likeness (QED) is 0.394. The van der Waals surface area contributed by atoms with Crippen molar-refractivity contribution in [2.45, 2.75) is 56.9 Å². The average molecular weight is 349 g/mol. The summed E-state index contributed by atoms with van der Waals surface area (Å²) in [5, 5.41) is -0.672. The fourth-order valence-corrected chi connectivity index (χ4v) is 7.33. The Morgan fingerprint density at radius 1 is 1.32 bits per heavy atom. The third-order valence-electron chi connectivity index (χ3n) is 4.38. The normalized spacial score (nSPS) is 26.9. The molecule has 0 saturated carbocycles. The van der Waals surface area contributed by atoms with Gasteiger partial charge in [0.25, 0.3) is 0 Å². The topological polar surface area (TPSA) is 54.0 Å². The number of carbonyl (C=O) groups excluding carboxylic acids is 1. The summed E-state index contributed by atoms with van der Waals surface area (Å²) >= 11 is 0. The van der Waals surface area contributed by atoms with E-state index in [0.29, 0.717) is 5.57 Å². The van der Waals surface area contributed by atoms with Crippen molar-refractivity contribution in [1.82, 2.24) is 0 Å². The summed E-state index contributed by atoms with van der Waals surface area (Å²) in [7, 11) is 2.37. The molecule has 7 heteroatoms. The summed E-state index contributed by atoms with van der Waals surface area (Å²) in [6, 6.07) is 0.842. The van der Waals surface area contributed by atoms with Crippen LogP contribution in [0.15, 0.2) is 12.2 Å². The van der Waals surface area contributed by atoms with Crippen LogP contribution in [0.4, 0.5) is 0 Å². The lowest BCUT2D eigenvalue weighted by atomic mass is 10.0. The molecule has 1 rings (SSSR count). The Morgan fingerprint density at radius 3 is 2.32 bits per heavy atom. The highest BCUT2D eigenvalue weighted by Gasteiger charge is 2.64. The van der Waals surface area contributed by atoms with E-state index in [-0.39, 0.29) is 23.0 Å². The molecule has 1 aliphatic rings. The van der Waals surface area contributed by atoms with Crippen LogP contribution in [0.1, 0.15) is 39.5 Å². The minimum atomic E-state index is -2.63. The molecular weight excluding hydrogens is 316 g/mol. The van der Waals surface area contributed by atoms with E-state index in [9.17, 15) is 4.79 Å². The molecule has 0 amide bonds. The van der Waals surface area contributed by atoms with Gasteiger partial charge in [-0.05, 0) is 43.2 Å². The van der Waals surface area contributed by atoms with Crippen LogP contribution in [0.2, 0.25) is 6.04 Å². The summed E-state index contributed by atoms with van der Waals surface area (Å²) in [4.78, 5) is 12.0. The van der Waals surface area contributed by atoms with Gasteiger partial charge in [0.05, 0.1) is 0 Å². The van der Waals surface area contributed by atoms with Gasteiger partial charge in [-0.1, -0.05) is 19.9 Å². The van der Waals surface area contributed by atoms with E-state index >= 15 is 0 Å². The van der Waals surface area contributed by atoms with Gasteiger partial charge in [-0.3, -0.25) is 0 Å². The molecule has 0 aromatic rings. The molecule has 1 aliphatic heterocycles. The summed E-state index contributed by atoms with van der Waals surface area (Å²) in [6.07, 6.45) is 2.94. The number of hydrogen-bond donors (Lipinski definition) is 0. The van der Waals surface area contributed by atoms with Gasteiger partial charge in [-0.2, -0.15) is 0 Å². The minimum absolute atomic E-state index is 0. The second-order valence-electron chi connectivity index (χ2n) is 5.57. The van der Waals surface area contributed by atoms with Crippen LogP contribution in [0.5, 0.6) is 0 Å². The van der Waals surface area contributed by atoms with E-state index in [1.807, 2.05) is 0 Å². The van der Waals surface area contributed by atoms with Crippen LogP contribution in [0.3, 0.4) is 0 Å². The lowest BCUT2D eigenvalue weighted by Gasteiger charge is -2.51. The van der Waals surface area contributed by atoms with E-state index in [4.69, 9.17) is 18.3 Å². The zero-order chi connectivity index (χ0) is 16.1. The predicted octanol–water partition coefficient (Wildman–Crippen LogP) is 1.28. The van der Waals surface area contributed by atoms with Crippen molar-refractivity contribution in [1.29, 1.82) is 0 Å². The first-order chi connectivity index (χ1) is 9.92. The first-order valence-corrected chi connectivity index (χ1v) is 9.47. The predicted molar refractivity (Wildman–Crippen MR) is 94.5 cm³/mol. The van der Waals surface area contributed by atoms with Crippen LogP contribution >= 0.6 is 0 Å². The molecule has 0 aromatic carbocycles. The van der Waals surface area contributed by atoms with Gasteiger partial charge < -0.3 is 18.3 Å². The number of hydrogen-bond acceptors (Lipinski definition) is 5. The summed E-state index contributed by atoms with van der Waals surface area (Å²) in [5.74, 6) is -0.380. The van der Waals surface area contributed by atoms with Gasteiger partial charge in [-0.25, -0.2) is 4.79 Å². The Hall–Kier alpha value is -0.476. The van der Waals surface area contributed by atoms with Crippen molar-refractivity contribution in [2.75, 3.05) is 21.3 Å². The Labute approximate surface area is 139 Å². The monoisotopic (exact) mass is 348 g/mol. The molecule has 5 nitrogen and oxygen atoms in total. The van der Waals surface area contributed by atoms with Gasteiger partial charge in [-0.15, -0.1) is 0 Å². The van der Waals surface area contributed by atoms with Crippen molar-refractivity contribution in [3.63, 3.8) is 0 Å². The first-order valence-electron chi connectivity index (χ1n) is 7.45. The van der Waals surface area contributed by atoms with Crippen LogP contribution in [-0.4, -0.2) is 58.2 Å². The fraction of sp³-hybridized carbons (Fsp3) is 0.800. The van der Waals surface area contributed by atoms with Crippen molar-refractivity contribution in [2.24, 2.45) is 0 Å². The van der Waals surface area contributed by atoms with E-state index in [1.165, 1.54) is 0 Å². The molecule has 0 aliphatic carbocycles. The maximum absolute atomic E-state index is 12.0. The highest BCUT2D eigenvalue weighted by Crippen LogP contribution is 2.44. The molecule has 2 unspecified atom stereocenters. The SMILES string of the molecule is C=C(C)C(=O)OC1CCC[Si](OC)(OC)C1(CCC)OC.[SiH4]. The van der Waals surface area contributed by atoms with E-state index in [1.54, 1.807) is 28.3 Å². The molecule has 2 atom stereocenters. The second kappa shape index (κ2) is 8.98. The number of rotatable bonds is 7. The lowest BCUT2D eigenvalue weighted by Crippen LogP contribution is -2.71. The van der Waals surface area contributed by atoms with E-state index < -0.39 is 13.8 Å². The average Bonchev–Trinajstić information content (AvgIpc) is 2.48. The van der Waals surface area contributed by atoms with Gasteiger partial charge in [0.2, 0.25) is 0 Å². The maximum Gasteiger partial charge on any atom is 0.374 e. The van der Waals surface area contributed by atoms with Crippen molar-refractivity contribution < 1.29 is 23.1 Å². The smallest absolute Gasteiger partial charge is 0.374 e. The third kappa shape index (κ3) is 3.70. The number of esters is 1. The van der Waals surface area contributed by atoms with Crippen molar-refractivity contribution in [3.8, 4) is 0 Å². The largest absolute Gasteiger partial charge is 0.456 e. The maximum atomic E-state index is 12.0. The zero-order valence-electron chi connectivity index (χ0n) is 13.9. The summed E-state index contributed by atoms with van der Waals surface area (Å²) in [5.41, 5.74) is 0.393. The number of ether oxygens (including phenoxy) is 2. The molecule has 130 valence electrons. The molecule has 22 heavy (non-hydrogen) atoms. The van der Waals surface area contributed by atoms with Crippen molar-refractivity contribution in [3.05, 3.63) is 12.2 Å². The Balaban J connectivity index is 0.00000441. The highest BCUT2D eigenvalue weighted by atomic mass is 28.4. The Bertz CT molecular complexity index is 384. The Morgan fingerprint density at radius 2 is 1.91 bits per heavy atom. The molecule has 1 fully saturated rings. The summed E-state index contributed by atoms with van der Waals surface area (Å²) < 4.78 is 23.3. The van der Waals surface area contributed by atoms with Gasteiger partial charge in [0.15, 0.2) is 0 Å². The third-order valence-corrected chi connectivity index (χ3v) is 8.78. The van der Waals surface area contributed by atoms with Crippen LogP contribution in [0.25, 0.3) is 0 Å².